The predicted molar refractivity (Wildman–Crippen MR) is 93.4 cm³/mol. The molecule has 0 atom stereocenters. The summed E-state index contributed by atoms with van der Waals surface area (Å²) in [4.78, 5) is 15.9. The molecule has 0 saturated carbocycles. The summed E-state index contributed by atoms with van der Waals surface area (Å²) in [5, 5.41) is 3.24. The van der Waals surface area contributed by atoms with Gasteiger partial charge in [-0.2, -0.15) is 0 Å². The first-order valence-electron chi connectivity index (χ1n) is 7.02. The van der Waals surface area contributed by atoms with Gasteiger partial charge in [0.2, 0.25) is 5.78 Å². The Hall–Kier alpha value is -2.39. The Morgan fingerprint density at radius 2 is 1.64 bits per heavy atom. The van der Waals surface area contributed by atoms with E-state index in [-0.39, 0.29) is 5.78 Å². The van der Waals surface area contributed by atoms with Crippen molar-refractivity contribution in [2.24, 2.45) is 0 Å². The van der Waals surface area contributed by atoms with Crippen molar-refractivity contribution in [2.75, 3.05) is 0 Å². The second kappa shape index (κ2) is 5.11. The molecule has 4 rings (SSSR count). The van der Waals surface area contributed by atoms with Gasteiger partial charge < -0.3 is 4.98 Å². The summed E-state index contributed by atoms with van der Waals surface area (Å²) >= 11 is 3.45. The van der Waals surface area contributed by atoms with Gasteiger partial charge in [-0.05, 0) is 41.1 Å². The Morgan fingerprint density at radius 1 is 0.818 bits per heavy atom. The number of rotatable bonds is 2. The maximum absolute atomic E-state index is 12.7. The number of carbonyl (C=O) groups excluding carboxylic acids is 1. The smallest absolute Gasteiger partial charge is 0.209 e. The fraction of sp³-hybridized carbons (Fsp3) is 0. The zero-order valence-electron chi connectivity index (χ0n) is 11.6. The zero-order chi connectivity index (χ0) is 15.1. The Balaban J connectivity index is 1.80. The molecule has 1 heterocycles. The Bertz CT molecular complexity index is 1020. The van der Waals surface area contributed by atoms with Crippen molar-refractivity contribution in [3.63, 3.8) is 0 Å². The van der Waals surface area contributed by atoms with Crippen LogP contribution >= 0.6 is 15.9 Å². The van der Waals surface area contributed by atoms with Gasteiger partial charge in [0.05, 0.1) is 5.69 Å². The van der Waals surface area contributed by atoms with Gasteiger partial charge in [-0.1, -0.05) is 52.3 Å². The first-order valence-corrected chi connectivity index (χ1v) is 7.82. The molecule has 0 spiro atoms. The number of hydrogen-bond acceptors (Lipinski definition) is 1. The molecule has 0 aliphatic rings. The third-order valence-electron chi connectivity index (χ3n) is 3.84. The number of fused-ring (bicyclic) bond motifs is 2. The third-order valence-corrected chi connectivity index (χ3v) is 4.33. The molecule has 2 nitrogen and oxygen atoms in total. The van der Waals surface area contributed by atoms with Crippen LogP contribution in [0.25, 0.3) is 21.7 Å². The molecule has 4 aromatic rings. The highest BCUT2D eigenvalue weighted by Crippen LogP contribution is 2.23. The number of carbonyl (C=O) groups is 1. The van der Waals surface area contributed by atoms with Gasteiger partial charge in [-0.15, -0.1) is 0 Å². The number of H-pyrrole nitrogens is 1. The lowest BCUT2D eigenvalue weighted by atomic mass is 10.0. The summed E-state index contributed by atoms with van der Waals surface area (Å²) in [6.45, 7) is 0. The van der Waals surface area contributed by atoms with Gasteiger partial charge in [0.25, 0.3) is 0 Å². The molecule has 0 radical (unpaired) electrons. The van der Waals surface area contributed by atoms with Crippen LogP contribution in [-0.4, -0.2) is 10.8 Å². The number of aromatic nitrogens is 1. The van der Waals surface area contributed by atoms with E-state index < -0.39 is 0 Å². The Kier molecular flexibility index (Phi) is 3.09. The van der Waals surface area contributed by atoms with Crippen molar-refractivity contribution < 1.29 is 4.79 Å². The van der Waals surface area contributed by atoms with Crippen molar-refractivity contribution in [3.05, 3.63) is 82.5 Å². The highest BCUT2D eigenvalue weighted by molar-refractivity contribution is 9.10. The molecule has 22 heavy (non-hydrogen) atoms. The summed E-state index contributed by atoms with van der Waals surface area (Å²) in [7, 11) is 0. The lowest BCUT2D eigenvalue weighted by Crippen LogP contribution is -2.01. The van der Waals surface area contributed by atoms with E-state index in [2.05, 4.69) is 20.9 Å². The van der Waals surface area contributed by atoms with Crippen LogP contribution in [0.1, 0.15) is 16.1 Å². The molecule has 0 unspecified atom stereocenters. The standard InChI is InChI=1S/C19H12BrNO/c20-16-7-8-17-15(10-16)11-18(21-17)19(22)14-6-5-12-3-1-2-4-13(12)9-14/h1-11,21H. The molecule has 106 valence electrons. The van der Waals surface area contributed by atoms with Gasteiger partial charge in [0.15, 0.2) is 0 Å². The number of nitrogens with one attached hydrogen (secondary N) is 1. The van der Waals surface area contributed by atoms with Crippen LogP contribution in [0, 0.1) is 0 Å². The van der Waals surface area contributed by atoms with Crippen LogP contribution in [0.15, 0.2) is 71.2 Å². The summed E-state index contributed by atoms with van der Waals surface area (Å²) < 4.78 is 1.00. The maximum atomic E-state index is 12.7. The molecule has 0 aliphatic carbocycles. The van der Waals surface area contributed by atoms with Crippen LogP contribution in [0.2, 0.25) is 0 Å². The van der Waals surface area contributed by atoms with Gasteiger partial charge >= 0.3 is 0 Å². The summed E-state index contributed by atoms with van der Waals surface area (Å²) in [5.74, 6) is 0.0121. The SMILES string of the molecule is O=C(c1ccc2ccccc2c1)c1cc2cc(Br)ccc2[nH]1. The molecule has 0 fully saturated rings. The van der Waals surface area contributed by atoms with Crippen molar-refractivity contribution >= 4 is 43.4 Å². The number of aromatic amines is 1. The Labute approximate surface area is 135 Å². The van der Waals surface area contributed by atoms with E-state index in [0.29, 0.717) is 11.3 Å². The first kappa shape index (κ1) is 13.3. The molecule has 3 heteroatoms. The average molecular weight is 350 g/mol. The van der Waals surface area contributed by atoms with Crippen LogP contribution < -0.4 is 0 Å². The molecule has 1 aromatic heterocycles. The highest BCUT2D eigenvalue weighted by Gasteiger charge is 2.12. The van der Waals surface area contributed by atoms with E-state index >= 15 is 0 Å². The van der Waals surface area contributed by atoms with Crippen LogP contribution in [0.3, 0.4) is 0 Å². The van der Waals surface area contributed by atoms with Crippen LogP contribution in [-0.2, 0) is 0 Å². The first-order chi connectivity index (χ1) is 10.7. The fourth-order valence-corrected chi connectivity index (χ4v) is 3.09. The number of halogens is 1. The van der Waals surface area contributed by atoms with E-state index in [4.69, 9.17) is 0 Å². The molecular weight excluding hydrogens is 338 g/mol. The second-order valence-electron chi connectivity index (χ2n) is 5.31. The largest absolute Gasteiger partial charge is 0.352 e. The molecule has 3 aromatic carbocycles. The maximum Gasteiger partial charge on any atom is 0.209 e. The lowest BCUT2D eigenvalue weighted by molar-refractivity contribution is 0.103. The molecular formula is C19H12BrNO. The predicted octanol–water partition coefficient (Wildman–Crippen LogP) is 5.31. The van der Waals surface area contributed by atoms with Crippen LogP contribution in [0.5, 0.6) is 0 Å². The molecule has 0 aliphatic heterocycles. The number of hydrogen-bond donors (Lipinski definition) is 1. The van der Waals surface area contributed by atoms with Gasteiger partial charge in [0.1, 0.15) is 0 Å². The van der Waals surface area contributed by atoms with Crippen LogP contribution in [0.4, 0.5) is 0 Å². The quantitative estimate of drug-likeness (QED) is 0.488. The monoisotopic (exact) mass is 349 g/mol. The second-order valence-corrected chi connectivity index (χ2v) is 6.22. The van der Waals surface area contributed by atoms with E-state index in [1.807, 2.05) is 66.7 Å². The average Bonchev–Trinajstić information content (AvgIpc) is 2.96. The molecule has 1 N–H and O–H groups in total. The minimum atomic E-state index is 0.0121. The third kappa shape index (κ3) is 2.24. The van der Waals surface area contributed by atoms with Crippen molar-refractivity contribution in [2.45, 2.75) is 0 Å². The van der Waals surface area contributed by atoms with E-state index in [0.717, 1.165) is 26.1 Å². The Morgan fingerprint density at radius 3 is 2.50 bits per heavy atom. The van der Waals surface area contributed by atoms with Gasteiger partial charge in [-0.3, -0.25) is 4.79 Å². The molecule has 0 saturated heterocycles. The van der Waals surface area contributed by atoms with E-state index in [9.17, 15) is 4.79 Å². The van der Waals surface area contributed by atoms with E-state index in [1.54, 1.807) is 0 Å². The lowest BCUT2D eigenvalue weighted by Gasteiger charge is -2.01. The summed E-state index contributed by atoms with van der Waals surface area (Å²) in [6.07, 6.45) is 0. The van der Waals surface area contributed by atoms with Crippen molar-refractivity contribution in [1.29, 1.82) is 0 Å². The molecule has 0 bridgehead atoms. The summed E-state index contributed by atoms with van der Waals surface area (Å²) in [6, 6.07) is 21.7. The van der Waals surface area contributed by atoms with Gasteiger partial charge in [0, 0.05) is 20.9 Å². The van der Waals surface area contributed by atoms with Crippen molar-refractivity contribution in [1.82, 2.24) is 4.98 Å². The highest BCUT2D eigenvalue weighted by atomic mass is 79.9. The minimum Gasteiger partial charge on any atom is -0.352 e. The van der Waals surface area contributed by atoms with Gasteiger partial charge in [-0.25, -0.2) is 0 Å². The zero-order valence-corrected chi connectivity index (χ0v) is 13.2. The minimum absolute atomic E-state index is 0.0121. The number of benzene rings is 3. The fourth-order valence-electron chi connectivity index (χ4n) is 2.71. The van der Waals surface area contributed by atoms with Crippen molar-refractivity contribution in [3.8, 4) is 0 Å². The topological polar surface area (TPSA) is 32.9 Å². The number of ketones is 1. The normalized spacial score (nSPS) is 11.1. The van der Waals surface area contributed by atoms with E-state index in [1.165, 1.54) is 0 Å². The summed E-state index contributed by atoms with van der Waals surface area (Å²) in [5.41, 5.74) is 2.28. The molecule has 0 amide bonds.